The number of benzene rings is 1. The number of rotatable bonds is 3. The highest BCUT2D eigenvalue weighted by molar-refractivity contribution is 6.21. The lowest BCUT2D eigenvalue weighted by atomic mass is 10.1. The molecule has 1 N–H and O–H groups in total. The van der Waals surface area contributed by atoms with Crippen LogP contribution >= 0.6 is 0 Å². The molecule has 1 heterocycles. The first-order valence-electron chi connectivity index (χ1n) is 5.24. The first-order valence-corrected chi connectivity index (χ1v) is 5.24. The van der Waals surface area contributed by atoms with Gasteiger partial charge in [-0.05, 0) is 25.5 Å². The van der Waals surface area contributed by atoms with Gasteiger partial charge in [0, 0.05) is 12.6 Å². The smallest absolute Gasteiger partial charge is 0.261 e. The number of amides is 2. The van der Waals surface area contributed by atoms with Gasteiger partial charge in [-0.3, -0.25) is 14.5 Å². The molecule has 0 saturated heterocycles. The zero-order valence-corrected chi connectivity index (χ0v) is 9.01. The summed E-state index contributed by atoms with van der Waals surface area (Å²) in [5.74, 6) is -0.525. The van der Waals surface area contributed by atoms with Crippen molar-refractivity contribution in [2.45, 2.75) is 19.4 Å². The minimum atomic E-state index is -0.266. The van der Waals surface area contributed by atoms with Gasteiger partial charge in [-0.15, -0.1) is 0 Å². The zero-order chi connectivity index (χ0) is 11.7. The van der Waals surface area contributed by atoms with Crippen LogP contribution in [0.3, 0.4) is 0 Å². The first-order chi connectivity index (χ1) is 7.66. The van der Waals surface area contributed by atoms with E-state index in [9.17, 15) is 9.59 Å². The number of hydrogen-bond acceptors (Lipinski definition) is 3. The van der Waals surface area contributed by atoms with Crippen molar-refractivity contribution in [1.82, 2.24) is 4.90 Å². The molecule has 4 heteroatoms. The van der Waals surface area contributed by atoms with Crippen LogP contribution in [0.15, 0.2) is 24.3 Å². The monoisotopic (exact) mass is 219 g/mol. The third-order valence-electron chi connectivity index (χ3n) is 2.81. The Morgan fingerprint density at radius 2 is 1.69 bits per heavy atom. The molecule has 2 amide bonds. The quantitative estimate of drug-likeness (QED) is 0.773. The maximum absolute atomic E-state index is 11.9. The Bertz CT molecular complexity index is 407. The van der Waals surface area contributed by atoms with E-state index >= 15 is 0 Å². The molecule has 1 atom stereocenters. The number of carbonyl (C=O) groups is 2. The Kier molecular flexibility index (Phi) is 2.75. The van der Waals surface area contributed by atoms with Crippen molar-refractivity contribution in [3.05, 3.63) is 35.4 Å². The Labute approximate surface area is 93.5 Å². The molecule has 0 fully saturated rings. The van der Waals surface area contributed by atoms with Crippen LogP contribution < -0.4 is 0 Å². The fourth-order valence-corrected chi connectivity index (χ4v) is 1.92. The minimum Gasteiger partial charge on any atom is -0.396 e. The largest absolute Gasteiger partial charge is 0.396 e. The van der Waals surface area contributed by atoms with Crippen LogP contribution in [-0.2, 0) is 0 Å². The van der Waals surface area contributed by atoms with Crippen molar-refractivity contribution in [1.29, 1.82) is 0 Å². The molecule has 84 valence electrons. The lowest BCUT2D eigenvalue weighted by molar-refractivity contribution is 0.0576. The lowest BCUT2D eigenvalue weighted by Crippen LogP contribution is -2.38. The highest BCUT2D eigenvalue weighted by atomic mass is 16.3. The summed E-state index contributed by atoms with van der Waals surface area (Å²) in [4.78, 5) is 25.1. The molecule has 0 aliphatic carbocycles. The van der Waals surface area contributed by atoms with Crippen molar-refractivity contribution in [3.63, 3.8) is 0 Å². The highest BCUT2D eigenvalue weighted by Crippen LogP contribution is 2.24. The number of fused-ring (bicyclic) bond motifs is 1. The summed E-state index contributed by atoms with van der Waals surface area (Å²) in [5.41, 5.74) is 0.912. The van der Waals surface area contributed by atoms with Crippen LogP contribution in [0.1, 0.15) is 34.1 Å². The van der Waals surface area contributed by atoms with Crippen LogP contribution in [0, 0.1) is 0 Å². The van der Waals surface area contributed by atoms with Gasteiger partial charge in [0.1, 0.15) is 0 Å². The molecular weight excluding hydrogens is 206 g/mol. The summed E-state index contributed by atoms with van der Waals surface area (Å²) in [6.07, 6.45) is 0.408. The number of imide groups is 1. The molecule has 0 unspecified atom stereocenters. The fraction of sp³-hybridized carbons (Fsp3) is 0.333. The first kappa shape index (κ1) is 10.8. The van der Waals surface area contributed by atoms with E-state index in [4.69, 9.17) is 5.11 Å². The van der Waals surface area contributed by atoms with Gasteiger partial charge in [-0.2, -0.15) is 0 Å². The Balaban J connectivity index is 2.35. The van der Waals surface area contributed by atoms with Gasteiger partial charge in [-0.1, -0.05) is 12.1 Å². The Hall–Kier alpha value is -1.68. The van der Waals surface area contributed by atoms with E-state index in [0.29, 0.717) is 17.5 Å². The molecule has 1 aliphatic rings. The molecule has 0 radical (unpaired) electrons. The van der Waals surface area contributed by atoms with E-state index in [-0.39, 0.29) is 24.5 Å². The number of nitrogens with zero attached hydrogens (tertiary/aromatic N) is 1. The number of aliphatic hydroxyl groups is 1. The summed E-state index contributed by atoms with van der Waals surface area (Å²) in [6.45, 7) is 1.73. The second kappa shape index (κ2) is 4.06. The second-order valence-corrected chi connectivity index (χ2v) is 3.89. The van der Waals surface area contributed by atoms with Crippen LogP contribution in [-0.4, -0.2) is 34.5 Å². The Morgan fingerprint density at radius 3 is 2.12 bits per heavy atom. The van der Waals surface area contributed by atoms with Crippen molar-refractivity contribution in [3.8, 4) is 0 Å². The summed E-state index contributed by atoms with van der Waals surface area (Å²) in [7, 11) is 0. The Morgan fingerprint density at radius 1 is 1.19 bits per heavy atom. The normalized spacial score (nSPS) is 16.5. The minimum absolute atomic E-state index is 0.0332. The number of aliphatic hydroxyl groups excluding tert-OH is 1. The fourth-order valence-electron chi connectivity index (χ4n) is 1.92. The predicted octanol–water partition coefficient (Wildman–Crippen LogP) is 1.05. The molecule has 1 aromatic rings. The second-order valence-electron chi connectivity index (χ2n) is 3.89. The topological polar surface area (TPSA) is 57.6 Å². The van der Waals surface area contributed by atoms with Crippen molar-refractivity contribution in [2.75, 3.05) is 6.61 Å². The predicted molar refractivity (Wildman–Crippen MR) is 58.1 cm³/mol. The van der Waals surface area contributed by atoms with Crippen LogP contribution in [0.25, 0.3) is 0 Å². The van der Waals surface area contributed by atoms with E-state index < -0.39 is 0 Å². The number of carbonyl (C=O) groups excluding carboxylic acids is 2. The summed E-state index contributed by atoms with van der Waals surface area (Å²) in [6, 6.07) is 6.52. The average molecular weight is 219 g/mol. The van der Waals surface area contributed by atoms with E-state index in [1.165, 1.54) is 4.90 Å². The van der Waals surface area contributed by atoms with E-state index in [1.807, 2.05) is 0 Å². The van der Waals surface area contributed by atoms with Crippen LogP contribution in [0.5, 0.6) is 0 Å². The number of hydrogen-bond donors (Lipinski definition) is 1. The zero-order valence-electron chi connectivity index (χ0n) is 9.01. The van der Waals surface area contributed by atoms with E-state index in [1.54, 1.807) is 31.2 Å². The van der Waals surface area contributed by atoms with Gasteiger partial charge in [0.15, 0.2) is 0 Å². The maximum Gasteiger partial charge on any atom is 0.261 e. The lowest BCUT2D eigenvalue weighted by Gasteiger charge is -2.21. The van der Waals surface area contributed by atoms with Gasteiger partial charge in [0.05, 0.1) is 11.1 Å². The van der Waals surface area contributed by atoms with Crippen molar-refractivity contribution in [2.24, 2.45) is 0 Å². The molecule has 0 bridgehead atoms. The van der Waals surface area contributed by atoms with Crippen LogP contribution in [0.4, 0.5) is 0 Å². The van der Waals surface area contributed by atoms with Gasteiger partial charge in [0.2, 0.25) is 0 Å². The maximum atomic E-state index is 11.9. The molecule has 16 heavy (non-hydrogen) atoms. The van der Waals surface area contributed by atoms with Crippen molar-refractivity contribution >= 4 is 11.8 Å². The standard InChI is InChI=1S/C12H13NO3/c1-8(6-7-14)13-11(15)9-4-2-3-5-10(9)12(13)16/h2-5,8,14H,6-7H2,1H3/t8-/m1/s1. The van der Waals surface area contributed by atoms with Gasteiger partial charge in [0.25, 0.3) is 11.8 Å². The summed E-state index contributed by atoms with van der Waals surface area (Å²) in [5, 5.41) is 8.84. The molecule has 0 saturated carbocycles. The average Bonchev–Trinajstić information content (AvgIpc) is 2.53. The van der Waals surface area contributed by atoms with E-state index in [2.05, 4.69) is 0 Å². The SMILES string of the molecule is C[C@H](CCO)N1C(=O)c2ccccc2C1=O. The third kappa shape index (κ3) is 1.51. The molecule has 4 nitrogen and oxygen atoms in total. The molecule has 0 aromatic heterocycles. The van der Waals surface area contributed by atoms with E-state index in [0.717, 1.165) is 0 Å². The van der Waals surface area contributed by atoms with Crippen LogP contribution in [0.2, 0.25) is 0 Å². The van der Waals surface area contributed by atoms with Gasteiger partial charge < -0.3 is 5.11 Å². The van der Waals surface area contributed by atoms with Gasteiger partial charge in [-0.25, -0.2) is 0 Å². The molecule has 1 aromatic carbocycles. The molecule has 0 spiro atoms. The third-order valence-corrected chi connectivity index (χ3v) is 2.81. The highest BCUT2D eigenvalue weighted by Gasteiger charge is 2.37. The molecular formula is C12H13NO3. The molecule has 1 aliphatic heterocycles. The summed E-state index contributed by atoms with van der Waals surface area (Å²) < 4.78 is 0. The van der Waals surface area contributed by atoms with Crippen molar-refractivity contribution < 1.29 is 14.7 Å². The van der Waals surface area contributed by atoms with Gasteiger partial charge >= 0.3 is 0 Å². The summed E-state index contributed by atoms with van der Waals surface area (Å²) >= 11 is 0. The molecule has 2 rings (SSSR count).